The number of hydrogen-bond donors (Lipinski definition) is 0. The molecule has 1 nitrogen and oxygen atoms in total. The van der Waals surface area contributed by atoms with Crippen molar-refractivity contribution in [1.29, 1.82) is 0 Å². The van der Waals surface area contributed by atoms with Crippen LogP contribution in [0.3, 0.4) is 0 Å². The van der Waals surface area contributed by atoms with Gasteiger partial charge in [0.05, 0.1) is 0 Å². The zero-order valence-corrected chi connectivity index (χ0v) is 11.1. The van der Waals surface area contributed by atoms with Gasteiger partial charge in [-0.1, -0.05) is 63.4 Å². The summed E-state index contributed by atoms with van der Waals surface area (Å²) in [4.78, 5) is 11.9. The second-order valence-corrected chi connectivity index (χ2v) is 4.87. The van der Waals surface area contributed by atoms with Crippen LogP contribution in [0.4, 0.5) is 0 Å². The lowest BCUT2D eigenvalue weighted by Crippen LogP contribution is -2.13. The van der Waals surface area contributed by atoms with Crippen LogP contribution in [-0.2, 0) is 11.2 Å². The van der Waals surface area contributed by atoms with E-state index < -0.39 is 0 Å². The maximum atomic E-state index is 11.9. The van der Waals surface area contributed by atoms with Crippen LogP contribution in [-0.4, -0.2) is 5.78 Å². The first-order valence-corrected chi connectivity index (χ1v) is 6.80. The number of Topliss-reactive ketones (excluding diaryl/α,β-unsaturated/α-hetero) is 1. The first-order chi connectivity index (χ1) is 8.24. The van der Waals surface area contributed by atoms with E-state index in [9.17, 15) is 4.79 Å². The van der Waals surface area contributed by atoms with Crippen molar-refractivity contribution in [3.05, 3.63) is 35.9 Å². The Kier molecular flexibility index (Phi) is 6.61. The SMILES string of the molecule is CCCCCCC(=O)C(C)Cc1ccccc1. The van der Waals surface area contributed by atoms with Gasteiger partial charge in [-0.3, -0.25) is 4.79 Å². The largest absolute Gasteiger partial charge is 0.299 e. The van der Waals surface area contributed by atoms with Crippen molar-refractivity contribution in [3.8, 4) is 0 Å². The Morgan fingerprint density at radius 1 is 1.12 bits per heavy atom. The Bertz CT molecular complexity index is 316. The zero-order valence-electron chi connectivity index (χ0n) is 11.1. The Balaban J connectivity index is 2.27. The average Bonchev–Trinajstić information content (AvgIpc) is 2.35. The van der Waals surface area contributed by atoms with Crippen molar-refractivity contribution in [1.82, 2.24) is 0 Å². The number of benzene rings is 1. The summed E-state index contributed by atoms with van der Waals surface area (Å²) in [6, 6.07) is 10.3. The van der Waals surface area contributed by atoms with Gasteiger partial charge in [-0.15, -0.1) is 0 Å². The van der Waals surface area contributed by atoms with Gasteiger partial charge < -0.3 is 0 Å². The molecule has 1 aromatic rings. The lowest BCUT2D eigenvalue weighted by molar-refractivity contribution is -0.122. The van der Waals surface area contributed by atoms with Gasteiger partial charge >= 0.3 is 0 Å². The topological polar surface area (TPSA) is 17.1 Å². The van der Waals surface area contributed by atoms with Gasteiger partial charge in [-0.25, -0.2) is 0 Å². The molecule has 1 aromatic carbocycles. The van der Waals surface area contributed by atoms with Crippen LogP contribution < -0.4 is 0 Å². The van der Waals surface area contributed by atoms with Gasteiger partial charge in [0.2, 0.25) is 0 Å². The van der Waals surface area contributed by atoms with Crippen molar-refractivity contribution in [2.45, 2.75) is 52.4 Å². The fourth-order valence-corrected chi connectivity index (χ4v) is 2.05. The molecule has 0 aliphatic rings. The predicted molar refractivity (Wildman–Crippen MR) is 73.1 cm³/mol. The third kappa shape index (κ3) is 5.67. The van der Waals surface area contributed by atoms with Crippen LogP contribution in [0.25, 0.3) is 0 Å². The van der Waals surface area contributed by atoms with Gasteiger partial charge in [0.15, 0.2) is 0 Å². The molecule has 1 rings (SSSR count). The number of rotatable bonds is 8. The standard InChI is InChI=1S/C16H24O/c1-3-4-5-9-12-16(17)14(2)13-15-10-7-6-8-11-15/h6-8,10-11,14H,3-5,9,12-13H2,1-2H3. The van der Waals surface area contributed by atoms with Gasteiger partial charge in [0, 0.05) is 12.3 Å². The lowest BCUT2D eigenvalue weighted by atomic mass is 9.94. The summed E-state index contributed by atoms with van der Waals surface area (Å²) in [5.74, 6) is 0.587. The van der Waals surface area contributed by atoms with Gasteiger partial charge in [0.25, 0.3) is 0 Å². The number of carbonyl (C=O) groups is 1. The Morgan fingerprint density at radius 3 is 2.47 bits per heavy atom. The third-order valence-electron chi connectivity index (χ3n) is 3.21. The van der Waals surface area contributed by atoms with Crippen molar-refractivity contribution >= 4 is 5.78 Å². The van der Waals surface area contributed by atoms with E-state index in [-0.39, 0.29) is 5.92 Å². The fraction of sp³-hybridized carbons (Fsp3) is 0.562. The summed E-state index contributed by atoms with van der Waals surface area (Å²) in [6.45, 7) is 4.25. The van der Waals surface area contributed by atoms with E-state index in [1.807, 2.05) is 18.2 Å². The number of ketones is 1. The third-order valence-corrected chi connectivity index (χ3v) is 3.21. The van der Waals surface area contributed by atoms with Gasteiger partial charge in [-0.2, -0.15) is 0 Å². The molecule has 0 saturated heterocycles. The van der Waals surface area contributed by atoms with E-state index in [4.69, 9.17) is 0 Å². The molecule has 1 heteroatoms. The van der Waals surface area contributed by atoms with Crippen LogP contribution in [0.5, 0.6) is 0 Å². The van der Waals surface area contributed by atoms with Crippen LogP contribution in [0.1, 0.15) is 51.5 Å². The second-order valence-electron chi connectivity index (χ2n) is 4.87. The van der Waals surface area contributed by atoms with Crippen molar-refractivity contribution in [3.63, 3.8) is 0 Å². The first kappa shape index (κ1) is 14.0. The highest BCUT2D eigenvalue weighted by Crippen LogP contribution is 2.13. The maximum absolute atomic E-state index is 11.9. The maximum Gasteiger partial charge on any atom is 0.136 e. The number of unbranched alkanes of at least 4 members (excludes halogenated alkanes) is 3. The smallest absolute Gasteiger partial charge is 0.136 e. The molecule has 0 spiro atoms. The lowest BCUT2D eigenvalue weighted by Gasteiger charge is -2.10. The monoisotopic (exact) mass is 232 g/mol. The zero-order chi connectivity index (χ0) is 12.5. The molecule has 0 saturated carbocycles. The average molecular weight is 232 g/mol. The van der Waals surface area contributed by atoms with Crippen LogP contribution >= 0.6 is 0 Å². The molecule has 1 atom stereocenters. The van der Waals surface area contributed by atoms with Crippen molar-refractivity contribution in [2.75, 3.05) is 0 Å². The van der Waals surface area contributed by atoms with Crippen molar-refractivity contribution in [2.24, 2.45) is 5.92 Å². The molecule has 0 radical (unpaired) electrons. The minimum Gasteiger partial charge on any atom is -0.299 e. The minimum atomic E-state index is 0.166. The van der Waals surface area contributed by atoms with E-state index in [0.717, 1.165) is 19.3 Å². The molecule has 0 heterocycles. The highest BCUT2D eigenvalue weighted by molar-refractivity contribution is 5.80. The summed E-state index contributed by atoms with van der Waals surface area (Å²) in [6.07, 6.45) is 6.38. The Hall–Kier alpha value is -1.11. The fourth-order valence-electron chi connectivity index (χ4n) is 2.05. The van der Waals surface area contributed by atoms with E-state index in [1.54, 1.807) is 0 Å². The molecule has 0 aliphatic heterocycles. The summed E-state index contributed by atoms with van der Waals surface area (Å²) in [5.41, 5.74) is 1.27. The predicted octanol–water partition coefficient (Wildman–Crippen LogP) is 4.40. The second kappa shape index (κ2) is 8.05. The van der Waals surface area contributed by atoms with Gasteiger partial charge in [0.1, 0.15) is 5.78 Å². The minimum absolute atomic E-state index is 0.166. The molecular weight excluding hydrogens is 208 g/mol. The van der Waals surface area contributed by atoms with Crippen LogP contribution in [0.2, 0.25) is 0 Å². The first-order valence-electron chi connectivity index (χ1n) is 6.80. The highest BCUT2D eigenvalue weighted by Gasteiger charge is 2.12. The molecule has 0 bridgehead atoms. The van der Waals surface area contributed by atoms with Crippen molar-refractivity contribution < 1.29 is 4.79 Å². The molecule has 1 unspecified atom stereocenters. The van der Waals surface area contributed by atoms with Crippen LogP contribution in [0, 0.1) is 5.92 Å². The number of hydrogen-bond acceptors (Lipinski definition) is 1. The highest BCUT2D eigenvalue weighted by atomic mass is 16.1. The van der Waals surface area contributed by atoms with Crippen LogP contribution in [0.15, 0.2) is 30.3 Å². The molecule has 0 aromatic heterocycles. The molecule has 94 valence electrons. The summed E-state index contributed by atoms with van der Waals surface area (Å²) < 4.78 is 0. The number of carbonyl (C=O) groups excluding carboxylic acids is 1. The van der Waals surface area contributed by atoms with E-state index in [2.05, 4.69) is 26.0 Å². The molecule has 0 amide bonds. The van der Waals surface area contributed by atoms with E-state index in [0.29, 0.717) is 5.78 Å². The Morgan fingerprint density at radius 2 is 1.82 bits per heavy atom. The molecular formula is C16H24O. The quantitative estimate of drug-likeness (QED) is 0.607. The Labute approximate surface area is 105 Å². The van der Waals surface area contributed by atoms with E-state index >= 15 is 0 Å². The molecule has 17 heavy (non-hydrogen) atoms. The summed E-state index contributed by atoms with van der Waals surface area (Å²) in [5, 5.41) is 0. The normalized spacial score (nSPS) is 12.4. The molecule has 0 fully saturated rings. The summed E-state index contributed by atoms with van der Waals surface area (Å²) in [7, 11) is 0. The molecule has 0 N–H and O–H groups in total. The molecule has 0 aliphatic carbocycles. The van der Waals surface area contributed by atoms with Gasteiger partial charge in [-0.05, 0) is 18.4 Å². The van der Waals surface area contributed by atoms with E-state index in [1.165, 1.54) is 24.8 Å². The summed E-state index contributed by atoms with van der Waals surface area (Å²) >= 11 is 0.